The van der Waals surface area contributed by atoms with E-state index in [9.17, 15) is 4.79 Å². The SMILES string of the molecule is CCOC(=O)C1(NC)CCCC(N2CCCCC2C)C1. The molecule has 0 aromatic rings. The van der Waals surface area contributed by atoms with Crippen LogP contribution in [0.15, 0.2) is 0 Å². The summed E-state index contributed by atoms with van der Waals surface area (Å²) < 4.78 is 5.32. The number of hydrogen-bond donors (Lipinski definition) is 1. The molecule has 1 saturated carbocycles. The molecule has 0 bridgehead atoms. The highest BCUT2D eigenvalue weighted by Gasteiger charge is 2.44. The molecule has 3 atom stereocenters. The fourth-order valence-corrected chi connectivity index (χ4v) is 3.98. The van der Waals surface area contributed by atoms with Crippen molar-refractivity contribution in [2.45, 2.75) is 76.4 Å². The number of carbonyl (C=O) groups is 1. The molecule has 1 aliphatic heterocycles. The number of carbonyl (C=O) groups excluding carboxylic acids is 1. The molecule has 4 heteroatoms. The first kappa shape index (κ1) is 15.8. The molecule has 0 aromatic carbocycles. The minimum atomic E-state index is -0.462. The summed E-state index contributed by atoms with van der Waals surface area (Å²) in [6, 6.07) is 1.18. The number of likely N-dealkylation sites (N-methyl/N-ethyl adjacent to an activating group) is 1. The number of esters is 1. The fourth-order valence-electron chi connectivity index (χ4n) is 3.98. The zero-order chi connectivity index (χ0) is 14.6. The first-order chi connectivity index (χ1) is 9.63. The Morgan fingerprint density at radius 2 is 2.15 bits per heavy atom. The number of rotatable bonds is 4. The van der Waals surface area contributed by atoms with Crippen molar-refractivity contribution >= 4 is 5.97 Å². The van der Waals surface area contributed by atoms with Gasteiger partial charge in [-0.05, 0) is 66.0 Å². The lowest BCUT2D eigenvalue weighted by Gasteiger charge is -2.46. The van der Waals surface area contributed by atoms with Gasteiger partial charge in [-0.2, -0.15) is 0 Å². The number of hydrogen-bond acceptors (Lipinski definition) is 4. The molecule has 3 unspecified atom stereocenters. The molecule has 4 nitrogen and oxygen atoms in total. The van der Waals surface area contributed by atoms with Gasteiger partial charge in [0.15, 0.2) is 0 Å². The van der Waals surface area contributed by atoms with Gasteiger partial charge in [-0.1, -0.05) is 6.42 Å². The topological polar surface area (TPSA) is 41.6 Å². The highest BCUT2D eigenvalue weighted by atomic mass is 16.5. The Balaban J connectivity index is 2.07. The van der Waals surface area contributed by atoms with Crippen molar-refractivity contribution in [3.63, 3.8) is 0 Å². The molecular weight excluding hydrogens is 252 g/mol. The average Bonchev–Trinajstić information content (AvgIpc) is 2.48. The van der Waals surface area contributed by atoms with Crippen molar-refractivity contribution in [1.29, 1.82) is 0 Å². The van der Waals surface area contributed by atoms with E-state index in [1.165, 1.54) is 32.2 Å². The lowest BCUT2D eigenvalue weighted by molar-refractivity contribution is -0.154. The largest absolute Gasteiger partial charge is 0.465 e. The van der Waals surface area contributed by atoms with Crippen LogP contribution in [0.4, 0.5) is 0 Å². The van der Waals surface area contributed by atoms with E-state index in [1.54, 1.807) is 0 Å². The minimum absolute atomic E-state index is 0.0585. The molecule has 116 valence electrons. The predicted molar refractivity (Wildman–Crippen MR) is 80.7 cm³/mol. The molecule has 1 N–H and O–H groups in total. The highest BCUT2D eigenvalue weighted by molar-refractivity contribution is 5.81. The smallest absolute Gasteiger partial charge is 0.326 e. The van der Waals surface area contributed by atoms with E-state index < -0.39 is 5.54 Å². The number of nitrogens with zero attached hydrogens (tertiary/aromatic N) is 1. The zero-order valence-corrected chi connectivity index (χ0v) is 13.3. The summed E-state index contributed by atoms with van der Waals surface area (Å²) >= 11 is 0. The summed E-state index contributed by atoms with van der Waals surface area (Å²) in [4.78, 5) is 15.0. The third kappa shape index (κ3) is 3.17. The van der Waals surface area contributed by atoms with Gasteiger partial charge in [-0.25, -0.2) is 0 Å². The summed E-state index contributed by atoms with van der Waals surface area (Å²) in [5, 5.41) is 3.28. The number of likely N-dealkylation sites (tertiary alicyclic amines) is 1. The van der Waals surface area contributed by atoms with Crippen molar-refractivity contribution in [2.75, 3.05) is 20.2 Å². The molecule has 0 amide bonds. The number of piperidine rings is 1. The van der Waals surface area contributed by atoms with Crippen LogP contribution in [-0.2, 0) is 9.53 Å². The molecule has 0 radical (unpaired) electrons. The molecule has 20 heavy (non-hydrogen) atoms. The van der Waals surface area contributed by atoms with Gasteiger partial charge in [-0.3, -0.25) is 9.69 Å². The van der Waals surface area contributed by atoms with Gasteiger partial charge in [0.2, 0.25) is 0 Å². The van der Waals surface area contributed by atoms with E-state index in [4.69, 9.17) is 4.74 Å². The minimum Gasteiger partial charge on any atom is -0.465 e. The quantitative estimate of drug-likeness (QED) is 0.804. The predicted octanol–water partition coefficient (Wildman–Crippen LogP) is 2.32. The summed E-state index contributed by atoms with van der Waals surface area (Å²) in [5.41, 5.74) is -0.462. The Labute approximate surface area is 123 Å². The third-order valence-corrected chi connectivity index (χ3v) is 5.19. The molecule has 0 spiro atoms. The van der Waals surface area contributed by atoms with Crippen LogP contribution < -0.4 is 5.32 Å². The van der Waals surface area contributed by atoms with Crippen LogP contribution in [-0.4, -0.2) is 48.7 Å². The van der Waals surface area contributed by atoms with Crippen LogP contribution in [0, 0.1) is 0 Å². The molecular formula is C16H30N2O2. The molecule has 0 aromatic heterocycles. The summed E-state index contributed by atoms with van der Waals surface area (Å²) in [6.45, 7) is 5.87. The highest BCUT2D eigenvalue weighted by Crippen LogP contribution is 2.34. The van der Waals surface area contributed by atoms with E-state index in [-0.39, 0.29) is 5.97 Å². The Kier molecular flexibility index (Phi) is 5.44. The van der Waals surface area contributed by atoms with Crippen molar-refractivity contribution in [1.82, 2.24) is 10.2 Å². The van der Waals surface area contributed by atoms with E-state index in [0.717, 1.165) is 19.3 Å². The van der Waals surface area contributed by atoms with E-state index in [0.29, 0.717) is 18.7 Å². The molecule has 2 aliphatic rings. The Bertz CT molecular complexity index is 334. The lowest BCUT2D eigenvalue weighted by atomic mass is 9.77. The lowest BCUT2D eigenvalue weighted by Crippen LogP contribution is -2.59. The monoisotopic (exact) mass is 282 g/mol. The van der Waals surface area contributed by atoms with Crippen molar-refractivity contribution in [3.8, 4) is 0 Å². The second kappa shape index (κ2) is 6.90. The average molecular weight is 282 g/mol. The van der Waals surface area contributed by atoms with Crippen LogP contribution >= 0.6 is 0 Å². The maximum atomic E-state index is 12.4. The Morgan fingerprint density at radius 3 is 2.80 bits per heavy atom. The van der Waals surface area contributed by atoms with E-state index in [1.807, 2.05) is 14.0 Å². The van der Waals surface area contributed by atoms with Crippen LogP contribution in [0.3, 0.4) is 0 Å². The normalized spacial score (nSPS) is 35.8. The van der Waals surface area contributed by atoms with Crippen LogP contribution in [0.1, 0.15) is 58.8 Å². The summed E-state index contributed by atoms with van der Waals surface area (Å²) in [6.07, 6.45) is 8.06. The second-order valence-electron chi connectivity index (χ2n) is 6.39. The van der Waals surface area contributed by atoms with Gasteiger partial charge in [0.1, 0.15) is 5.54 Å². The summed E-state index contributed by atoms with van der Waals surface area (Å²) in [7, 11) is 1.90. The molecule has 2 fully saturated rings. The van der Waals surface area contributed by atoms with Gasteiger partial charge >= 0.3 is 5.97 Å². The van der Waals surface area contributed by atoms with Crippen LogP contribution in [0.5, 0.6) is 0 Å². The first-order valence-electron chi connectivity index (χ1n) is 8.25. The van der Waals surface area contributed by atoms with Gasteiger partial charge < -0.3 is 10.1 Å². The maximum absolute atomic E-state index is 12.4. The van der Waals surface area contributed by atoms with Crippen molar-refractivity contribution in [2.24, 2.45) is 0 Å². The van der Waals surface area contributed by atoms with Crippen molar-refractivity contribution in [3.05, 3.63) is 0 Å². The number of nitrogens with one attached hydrogen (secondary N) is 1. The molecule has 2 rings (SSSR count). The summed E-state index contributed by atoms with van der Waals surface area (Å²) in [5.74, 6) is -0.0585. The zero-order valence-electron chi connectivity index (χ0n) is 13.3. The first-order valence-corrected chi connectivity index (χ1v) is 8.25. The molecule has 1 heterocycles. The van der Waals surface area contributed by atoms with Gasteiger partial charge in [-0.15, -0.1) is 0 Å². The van der Waals surface area contributed by atoms with E-state index in [2.05, 4.69) is 17.1 Å². The fraction of sp³-hybridized carbons (Fsp3) is 0.938. The van der Waals surface area contributed by atoms with Gasteiger partial charge in [0, 0.05) is 12.1 Å². The standard InChI is InChI=1S/C16H30N2O2/c1-4-20-15(19)16(17-3)10-7-9-14(12-16)18-11-6-5-8-13(18)2/h13-14,17H,4-12H2,1-3H3. The molecule has 1 saturated heterocycles. The van der Waals surface area contributed by atoms with Crippen molar-refractivity contribution < 1.29 is 9.53 Å². The van der Waals surface area contributed by atoms with Gasteiger partial charge in [0.05, 0.1) is 6.61 Å². The Morgan fingerprint density at radius 1 is 1.35 bits per heavy atom. The van der Waals surface area contributed by atoms with Gasteiger partial charge in [0.25, 0.3) is 0 Å². The number of ether oxygens (including phenoxy) is 1. The van der Waals surface area contributed by atoms with Crippen LogP contribution in [0.25, 0.3) is 0 Å². The maximum Gasteiger partial charge on any atom is 0.326 e. The van der Waals surface area contributed by atoms with Crippen LogP contribution in [0.2, 0.25) is 0 Å². The van der Waals surface area contributed by atoms with E-state index >= 15 is 0 Å². The second-order valence-corrected chi connectivity index (χ2v) is 6.39. The third-order valence-electron chi connectivity index (χ3n) is 5.19. The Hall–Kier alpha value is -0.610. The molecule has 1 aliphatic carbocycles.